The number of hydrogen-bond donors (Lipinski definition) is 1. The second-order valence-corrected chi connectivity index (χ2v) is 2.98. The monoisotopic (exact) mass is 166 g/mol. The van der Waals surface area contributed by atoms with Gasteiger partial charge in [0.1, 0.15) is 0 Å². The summed E-state index contributed by atoms with van der Waals surface area (Å²) in [5.41, 5.74) is 1.03. The lowest BCUT2D eigenvalue weighted by Crippen LogP contribution is -2.03. The Labute approximate surface area is 70.0 Å². The summed E-state index contributed by atoms with van der Waals surface area (Å²) in [5.74, 6) is 0.241. The molecule has 2 rings (SSSR count). The van der Waals surface area contributed by atoms with Crippen LogP contribution < -0.4 is 0 Å². The smallest absolute Gasteiger partial charge is 0.309 e. The van der Waals surface area contributed by atoms with Gasteiger partial charge in [-0.2, -0.15) is 0 Å². The van der Waals surface area contributed by atoms with Crippen LogP contribution in [-0.2, 0) is 9.53 Å². The van der Waals surface area contributed by atoms with Crippen molar-refractivity contribution in [1.29, 1.82) is 0 Å². The summed E-state index contributed by atoms with van der Waals surface area (Å²) in [6, 6.07) is 0. The van der Waals surface area contributed by atoms with Gasteiger partial charge < -0.3 is 9.72 Å². The van der Waals surface area contributed by atoms with E-state index in [4.69, 9.17) is 0 Å². The Balaban J connectivity index is 2.01. The predicted molar refractivity (Wildman–Crippen MR) is 41.5 cm³/mol. The van der Waals surface area contributed by atoms with E-state index >= 15 is 0 Å². The van der Waals surface area contributed by atoms with Crippen molar-refractivity contribution in [1.82, 2.24) is 9.97 Å². The Morgan fingerprint density at radius 3 is 3.25 bits per heavy atom. The van der Waals surface area contributed by atoms with Crippen molar-refractivity contribution in [3.05, 3.63) is 18.2 Å². The number of carbonyl (C=O) groups excluding carboxylic acids is 1. The molecule has 1 aliphatic carbocycles. The van der Waals surface area contributed by atoms with Crippen LogP contribution in [0, 0.1) is 5.92 Å². The Bertz CT molecular complexity index is 281. The molecule has 1 heterocycles. The van der Waals surface area contributed by atoms with Gasteiger partial charge in [-0.1, -0.05) is 0 Å². The third-order valence-corrected chi connectivity index (χ3v) is 2.21. The Hall–Kier alpha value is -1.32. The molecule has 1 aliphatic rings. The first-order valence-corrected chi connectivity index (χ1v) is 3.89. The number of rotatable bonds is 2. The van der Waals surface area contributed by atoms with E-state index < -0.39 is 0 Å². The molecule has 1 aromatic heterocycles. The zero-order valence-corrected chi connectivity index (χ0v) is 6.78. The van der Waals surface area contributed by atoms with Crippen molar-refractivity contribution in [2.45, 2.75) is 12.3 Å². The SMILES string of the molecule is COC(=O)[C@@H]1C[C@H]1c1cnc[nH]1. The number of imidazole rings is 1. The van der Waals surface area contributed by atoms with Crippen molar-refractivity contribution < 1.29 is 9.53 Å². The van der Waals surface area contributed by atoms with Gasteiger partial charge in [0, 0.05) is 17.8 Å². The maximum Gasteiger partial charge on any atom is 0.309 e. The first-order chi connectivity index (χ1) is 5.83. The minimum absolute atomic E-state index is 0.0513. The molecule has 2 atom stereocenters. The van der Waals surface area contributed by atoms with E-state index in [1.807, 2.05) is 0 Å². The van der Waals surface area contributed by atoms with Gasteiger partial charge in [-0.3, -0.25) is 4.79 Å². The largest absolute Gasteiger partial charge is 0.469 e. The highest BCUT2D eigenvalue weighted by molar-refractivity contribution is 5.76. The summed E-state index contributed by atoms with van der Waals surface area (Å²) in [6.45, 7) is 0. The van der Waals surface area contributed by atoms with Gasteiger partial charge in [0.25, 0.3) is 0 Å². The standard InChI is InChI=1S/C8H10N2O2/c1-12-8(11)6-2-5(6)7-3-9-4-10-7/h3-6H,2H2,1H3,(H,9,10)/t5-,6-/m1/s1. The van der Waals surface area contributed by atoms with Gasteiger partial charge in [-0.15, -0.1) is 0 Å². The topological polar surface area (TPSA) is 55.0 Å². The normalized spacial score (nSPS) is 26.8. The molecule has 0 bridgehead atoms. The number of carbonyl (C=O) groups is 1. The van der Waals surface area contributed by atoms with E-state index in [9.17, 15) is 4.79 Å². The van der Waals surface area contributed by atoms with Gasteiger partial charge in [0.2, 0.25) is 0 Å². The van der Waals surface area contributed by atoms with Crippen LogP contribution in [-0.4, -0.2) is 23.0 Å². The van der Waals surface area contributed by atoms with E-state index in [0.717, 1.165) is 12.1 Å². The van der Waals surface area contributed by atoms with E-state index in [0.29, 0.717) is 5.92 Å². The number of hydrogen-bond acceptors (Lipinski definition) is 3. The van der Waals surface area contributed by atoms with Gasteiger partial charge in [-0.25, -0.2) is 4.98 Å². The van der Waals surface area contributed by atoms with Crippen molar-refractivity contribution in [2.24, 2.45) is 5.92 Å². The number of aromatic amines is 1. The lowest BCUT2D eigenvalue weighted by atomic mass is 10.2. The fraction of sp³-hybridized carbons (Fsp3) is 0.500. The lowest BCUT2D eigenvalue weighted by Gasteiger charge is -1.94. The summed E-state index contributed by atoms with van der Waals surface area (Å²) in [7, 11) is 1.42. The molecule has 0 aromatic carbocycles. The molecule has 1 fully saturated rings. The maximum atomic E-state index is 11.0. The summed E-state index contributed by atoms with van der Waals surface area (Å²) >= 11 is 0. The van der Waals surface area contributed by atoms with Crippen LogP contribution in [0.2, 0.25) is 0 Å². The number of ether oxygens (including phenoxy) is 1. The fourth-order valence-corrected chi connectivity index (χ4v) is 1.42. The first kappa shape index (κ1) is 7.34. The van der Waals surface area contributed by atoms with Crippen molar-refractivity contribution in [3.63, 3.8) is 0 Å². The lowest BCUT2D eigenvalue weighted by molar-refractivity contribution is -0.142. The molecule has 0 radical (unpaired) electrons. The van der Waals surface area contributed by atoms with Crippen molar-refractivity contribution in [2.75, 3.05) is 7.11 Å². The number of nitrogens with zero attached hydrogens (tertiary/aromatic N) is 1. The first-order valence-electron chi connectivity index (χ1n) is 3.89. The van der Waals surface area contributed by atoms with Crippen molar-refractivity contribution >= 4 is 5.97 Å². The van der Waals surface area contributed by atoms with Crippen LogP contribution in [0.4, 0.5) is 0 Å². The molecule has 0 unspecified atom stereocenters. The summed E-state index contributed by atoms with van der Waals surface area (Å²) in [5, 5.41) is 0. The molecular formula is C8H10N2O2. The number of nitrogens with one attached hydrogen (secondary N) is 1. The van der Waals surface area contributed by atoms with Gasteiger partial charge in [-0.05, 0) is 6.42 Å². The van der Waals surface area contributed by atoms with E-state index in [1.165, 1.54) is 7.11 Å². The zero-order chi connectivity index (χ0) is 8.55. The van der Waals surface area contributed by atoms with Crippen LogP contribution in [0.15, 0.2) is 12.5 Å². The average Bonchev–Trinajstić information content (AvgIpc) is 2.71. The maximum absolute atomic E-state index is 11.0. The highest BCUT2D eigenvalue weighted by atomic mass is 16.5. The number of aromatic nitrogens is 2. The molecule has 12 heavy (non-hydrogen) atoms. The highest BCUT2D eigenvalue weighted by Gasteiger charge is 2.45. The molecule has 64 valence electrons. The second-order valence-electron chi connectivity index (χ2n) is 2.98. The molecule has 0 saturated heterocycles. The number of methoxy groups -OCH3 is 1. The second kappa shape index (κ2) is 2.62. The van der Waals surface area contributed by atoms with Crippen LogP contribution in [0.25, 0.3) is 0 Å². The average molecular weight is 166 g/mol. The minimum Gasteiger partial charge on any atom is -0.469 e. The summed E-state index contributed by atoms with van der Waals surface area (Å²) in [4.78, 5) is 17.9. The Morgan fingerprint density at radius 1 is 1.83 bits per heavy atom. The van der Waals surface area contributed by atoms with Crippen LogP contribution in [0.5, 0.6) is 0 Å². The van der Waals surface area contributed by atoms with Crippen LogP contribution in [0.1, 0.15) is 18.0 Å². The van der Waals surface area contributed by atoms with Crippen LogP contribution in [0.3, 0.4) is 0 Å². The van der Waals surface area contributed by atoms with E-state index in [1.54, 1.807) is 12.5 Å². The summed E-state index contributed by atoms with van der Waals surface area (Å²) in [6.07, 6.45) is 4.27. The number of esters is 1. The highest BCUT2D eigenvalue weighted by Crippen LogP contribution is 2.46. The van der Waals surface area contributed by atoms with Crippen molar-refractivity contribution in [3.8, 4) is 0 Å². The van der Waals surface area contributed by atoms with Gasteiger partial charge >= 0.3 is 5.97 Å². The van der Waals surface area contributed by atoms with E-state index in [2.05, 4.69) is 14.7 Å². The molecule has 1 N–H and O–H groups in total. The zero-order valence-electron chi connectivity index (χ0n) is 6.78. The molecule has 0 amide bonds. The summed E-state index contributed by atoms with van der Waals surface area (Å²) < 4.78 is 4.63. The van der Waals surface area contributed by atoms with E-state index in [-0.39, 0.29) is 11.9 Å². The molecular weight excluding hydrogens is 156 g/mol. The van der Waals surface area contributed by atoms with Crippen LogP contribution >= 0.6 is 0 Å². The Morgan fingerprint density at radius 2 is 2.67 bits per heavy atom. The predicted octanol–water partition coefficient (Wildman–Crippen LogP) is 0.686. The molecule has 4 heteroatoms. The molecule has 4 nitrogen and oxygen atoms in total. The quantitative estimate of drug-likeness (QED) is 0.657. The molecule has 0 aliphatic heterocycles. The molecule has 1 aromatic rings. The van der Waals surface area contributed by atoms with Gasteiger partial charge in [0.05, 0.1) is 19.4 Å². The third-order valence-electron chi connectivity index (χ3n) is 2.21. The van der Waals surface area contributed by atoms with Gasteiger partial charge in [0.15, 0.2) is 0 Å². The third kappa shape index (κ3) is 1.09. The fourth-order valence-electron chi connectivity index (χ4n) is 1.42. The molecule has 0 spiro atoms. The Kier molecular flexibility index (Phi) is 1.60. The number of H-pyrrole nitrogens is 1. The minimum atomic E-state index is -0.116. The molecule has 1 saturated carbocycles.